The Bertz CT molecular complexity index is 1310. The van der Waals surface area contributed by atoms with Crippen molar-refractivity contribution in [2.75, 3.05) is 5.73 Å². The van der Waals surface area contributed by atoms with Crippen molar-refractivity contribution in [1.29, 1.82) is 0 Å². The van der Waals surface area contributed by atoms with Gasteiger partial charge in [0.05, 0.1) is 5.71 Å². The number of H-pyrrole nitrogens is 1. The Hall–Kier alpha value is -3.49. The lowest BCUT2D eigenvalue weighted by atomic mass is 9.77. The van der Waals surface area contributed by atoms with Crippen LogP contribution in [0.1, 0.15) is 74.6 Å². The standard InChI is InChI=1S/C26H33N7O2/c1-15-28-23(27)21-24(29-15)35-26(2,3)22(31-21)19-12-10-18(11-13-19)17-8-5-16(6-9-17)7-14-20-30-25(34)32-33(20)4/h10-13,16-17H,5-9,14H2,1-4H3,(H,32,34)(H2,27,28,29). The van der Waals surface area contributed by atoms with Crippen molar-refractivity contribution in [2.45, 2.75) is 70.8 Å². The number of fused-ring (bicyclic) bond motifs is 1. The van der Waals surface area contributed by atoms with Gasteiger partial charge in [0.1, 0.15) is 17.2 Å². The Balaban J connectivity index is 1.25. The van der Waals surface area contributed by atoms with Crippen molar-refractivity contribution in [3.8, 4) is 5.88 Å². The molecule has 1 saturated carbocycles. The van der Waals surface area contributed by atoms with Crippen molar-refractivity contribution >= 4 is 17.2 Å². The summed E-state index contributed by atoms with van der Waals surface area (Å²) in [5, 5.41) is 2.69. The van der Waals surface area contributed by atoms with Crippen molar-refractivity contribution in [2.24, 2.45) is 18.0 Å². The highest BCUT2D eigenvalue weighted by molar-refractivity contribution is 6.09. The molecule has 2 aliphatic rings. The predicted octanol–water partition coefficient (Wildman–Crippen LogP) is 3.99. The summed E-state index contributed by atoms with van der Waals surface area (Å²) < 4.78 is 7.92. The van der Waals surface area contributed by atoms with E-state index in [4.69, 9.17) is 15.5 Å². The molecule has 1 aromatic carbocycles. The summed E-state index contributed by atoms with van der Waals surface area (Å²) in [4.78, 5) is 28.9. The van der Waals surface area contributed by atoms with Crippen LogP contribution < -0.4 is 16.2 Å². The fourth-order valence-corrected chi connectivity index (χ4v) is 5.37. The first-order valence-electron chi connectivity index (χ1n) is 12.3. The summed E-state index contributed by atoms with van der Waals surface area (Å²) in [6, 6.07) is 8.73. The number of hydrogen-bond acceptors (Lipinski definition) is 7. The Morgan fingerprint density at radius 2 is 1.83 bits per heavy atom. The third kappa shape index (κ3) is 4.72. The number of rotatable bonds is 5. The van der Waals surface area contributed by atoms with Gasteiger partial charge in [-0.15, -0.1) is 0 Å². The molecule has 1 fully saturated rings. The molecule has 0 radical (unpaired) electrons. The first-order valence-corrected chi connectivity index (χ1v) is 12.3. The van der Waals surface area contributed by atoms with Gasteiger partial charge in [0, 0.05) is 19.0 Å². The van der Waals surface area contributed by atoms with E-state index in [0.717, 1.165) is 29.9 Å². The summed E-state index contributed by atoms with van der Waals surface area (Å²) in [5.41, 5.74) is 8.93. The van der Waals surface area contributed by atoms with E-state index in [-0.39, 0.29) is 5.69 Å². The molecule has 2 aromatic heterocycles. The van der Waals surface area contributed by atoms with Gasteiger partial charge in [-0.1, -0.05) is 24.3 Å². The second-order valence-electron chi connectivity index (χ2n) is 10.3. The molecule has 1 aliphatic carbocycles. The van der Waals surface area contributed by atoms with E-state index in [1.807, 2.05) is 20.9 Å². The van der Waals surface area contributed by atoms with Crippen LogP contribution in [0, 0.1) is 12.8 Å². The number of ether oxygens (including phenoxy) is 1. The van der Waals surface area contributed by atoms with Crippen LogP contribution in [-0.4, -0.2) is 36.0 Å². The second kappa shape index (κ2) is 8.94. The van der Waals surface area contributed by atoms with Gasteiger partial charge >= 0.3 is 5.69 Å². The quantitative estimate of drug-likeness (QED) is 0.575. The van der Waals surface area contributed by atoms with E-state index in [9.17, 15) is 4.79 Å². The molecule has 0 spiro atoms. The molecule has 9 nitrogen and oxygen atoms in total. The van der Waals surface area contributed by atoms with E-state index in [1.165, 1.54) is 31.2 Å². The highest BCUT2D eigenvalue weighted by Gasteiger charge is 2.35. The molecule has 0 saturated heterocycles. The number of nitrogens with zero attached hydrogens (tertiary/aromatic N) is 5. The lowest BCUT2D eigenvalue weighted by molar-refractivity contribution is 0.171. The van der Waals surface area contributed by atoms with Gasteiger partial charge in [0.25, 0.3) is 0 Å². The number of aliphatic imine (C=N–C) groups is 1. The molecule has 3 N–H and O–H groups in total. The third-order valence-corrected chi connectivity index (χ3v) is 7.30. The van der Waals surface area contributed by atoms with Crippen molar-refractivity contribution in [3.05, 3.63) is 57.5 Å². The zero-order valence-corrected chi connectivity index (χ0v) is 20.8. The fourth-order valence-electron chi connectivity index (χ4n) is 5.37. The predicted molar refractivity (Wildman–Crippen MR) is 135 cm³/mol. The van der Waals surface area contributed by atoms with Gasteiger partial charge in [0.15, 0.2) is 11.5 Å². The van der Waals surface area contributed by atoms with Crippen LogP contribution in [0.5, 0.6) is 5.88 Å². The Labute approximate surface area is 204 Å². The molecule has 9 heteroatoms. The van der Waals surface area contributed by atoms with Crippen molar-refractivity contribution in [1.82, 2.24) is 24.7 Å². The maximum atomic E-state index is 11.4. The Kier molecular flexibility index (Phi) is 5.94. The van der Waals surface area contributed by atoms with Gasteiger partial charge in [-0.25, -0.2) is 19.9 Å². The number of anilines is 1. The van der Waals surface area contributed by atoms with Gasteiger partial charge in [-0.05, 0) is 70.3 Å². The number of aromatic amines is 1. The zero-order valence-electron chi connectivity index (χ0n) is 20.8. The van der Waals surface area contributed by atoms with E-state index >= 15 is 0 Å². The summed E-state index contributed by atoms with van der Waals surface area (Å²) in [7, 11) is 1.85. The van der Waals surface area contributed by atoms with Gasteiger partial charge in [-0.3, -0.25) is 4.68 Å². The van der Waals surface area contributed by atoms with Crippen molar-refractivity contribution < 1.29 is 4.74 Å². The maximum absolute atomic E-state index is 11.4. The molecular formula is C26H33N7O2. The number of aryl methyl sites for hydroxylation is 3. The average Bonchev–Trinajstić information content (AvgIpc) is 3.14. The maximum Gasteiger partial charge on any atom is 0.361 e. The number of benzene rings is 1. The molecule has 184 valence electrons. The van der Waals surface area contributed by atoms with Crippen LogP contribution in [0.3, 0.4) is 0 Å². The molecule has 1 aliphatic heterocycles. The van der Waals surface area contributed by atoms with Crippen LogP contribution in [0.4, 0.5) is 11.5 Å². The Morgan fingerprint density at radius 3 is 2.49 bits per heavy atom. The van der Waals surface area contributed by atoms with Crippen molar-refractivity contribution in [3.63, 3.8) is 0 Å². The molecule has 0 atom stereocenters. The molecule has 3 aromatic rings. The highest BCUT2D eigenvalue weighted by Crippen LogP contribution is 2.40. The summed E-state index contributed by atoms with van der Waals surface area (Å²) in [5.74, 6) is 3.44. The molecule has 3 heterocycles. The first-order chi connectivity index (χ1) is 16.7. The summed E-state index contributed by atoms with van der Waals surface area (Å²) in [6.45, 7) is 5.79. The number of nitrogens with two attached hydrogens (primary N) is 1. The lowest BCUT2D eigenvalue weighted by Crippen LogP contribution is -2.41. The SMILES string of the molecule is Cc1nc(N)c2c(n1)OC(C)(C)C(c1ccc(C3CCC(CCc4nc(=O)[nH]n4C)CC3)cc1)=N2. The smallest absolute Gasteiger partial charge is 0.361 e. The largest absolute Gasteiger partial charge is 0.463 e. The van der Waals surface area contributed by atoms with Crippen LogP contribution in [-0.2, 0) is 13.5 Å². The minimum Gasteiger partial charge on any atom is -0.463 e. The van der Waals surface area contributed by atoms with Crippen LogP contribution in [0.2, 0.25) is 0 Å². The molecule has 5 rings (SSSR count). The third-order valence-electron chi connectivity index (χ3n) is 7.30. The number of nitrogens with one attached hydrogen (secondary N) is 1. The summed E-state index contributed by atoms with van der Waals surface area (Å²) in [6.07, 6.45) is 6.69. The number of nitrogen functional groups attached to an aromatic ring is 1. The number of aromatic nitrogens is 5. The minimum atomic E-state index is -0.627. The lowest BCUT2D eigenvalue weighted by Gasteiger charge is -2.32. The summed E-state index contributed by atoms with van der Waals surface area (Å²) >= 11 is 0. The monoisotopic (exact) mass is 475 g/mol. The molecular weight excluding hydrogens is 442 g/mol. The van der Waals surface area contributed by atoms with Crippen LogP contribution in [0.15, 0.2) is 34.1 Å². The highest BCUT2D eigenvalue weighted by atomic mass is 16.5. The Morgan fingerprint density at radius 1 is 1.11 bits per heavy atom. The minimum absolute atomic E-state index is 0.264. The van der Waals surface area contributed by atoms with E-state index in [0.29, 0.717) is 35.0 Å². The van der Waals surface area contributed by atoms with Crippen LogP contribution >= 0.6 is 0 Å². The van der Waals surface area contributed by atoms with E-state index < -0.39 is 5.60 Å². The molecule has 0 bridgehead atoms. The van der Waals surface area contributed by atoms with Gasteiger partial charge < -0.3 is 10.5 Å². The fraction of sp³-hybridized carbons (Fsp3) is 0.500. The first kappa shape index (κ1) is 23.3. The van der Waals surface area contributed by atoms with Gasteiger partial charge in [-0.2, -0.15) is 9.97 Å². The molecule has 0 unspecified atom stereocenters. The normalized spacial score (nSPS) is 21.2. The van der Waals surface area contributed by atoms with Crippen LogP contribution in [0.25, 0.3) is 0 Å². The number of hydrogen-bond donors (Lipinski definition) is 2. The molecule has 35 heavy (non-hydrogen) atoms. The zero-order chi connectivity index (χ0) is 24.7. The second-order valence-corrected chi connectivity index (χ2v) is 10.3. The average molecular weight is 476 g/mol. The van der Waals surface area contributed by atoms with Gasteiger partial charge in [0.2, 0.25) is 5.88 Å². The molecule has 0 amide bonds. The van der Waals surface area contributed by atoms with E-state index in [2.05, 4.69) is 44.3 Å². The van der Waals surface area contributed by atoms with E-state index in [1.54, 1.807) is 11.6 Å². The topological polar surface area (TPSA) is 124 Å².